The minimum atomic E-state index is -0.492. The van der Waals surface area contributed by atoms with Gasteiger partial charge in [-0.25, -0.2) is 0 Å². The summed E-state index contributed by atoms with van der Waals surface area (Å²) in [5.74, 6) is 0.0206. The van der Waals surface area contributed by atoms with E-state index < -0.39 is 6.10 Å². The molecule has 0 radical (unpaired) electrons. The van der Waals surface area contributed by atoms with E-state index in [1.165, 1.54) is 5.06 Å². The van der Waals surface area contributed by atoms with Gasteiger partial charge in [0.25, 0.3) is 5.91 Å². The maximum absolute atomic E-state index is 11.8. The van der Waals surface area contributed by atoms with Crippen LogP contribution in [-0.2, 0) is 9.63 Å². The molecule has 1 saturated carbocycles. The quantitative estimate of drug-likeness (QED) is 0.849. The van der Waals surface area contributed by atoms with Gasteiger partial charge in [-0.05, 0) is 37.5 Å². The van der Waals surface area contributed by atoms with Crippen molar-refractivity contribution in [3.05, 3.63) is 29.8 Å². The van der Waals surface area contributed by atoms with Crippen molar-refractivity contribution in [1.29, 1.82) is 0 Å². The number of rotatable bonds is 2. The number of hydroxylamine groups is 1. The highest BCUT2D eigenvalue weighted by Gasteiger charge is 2.54. The Labute approximate surface area is 99.8 Å². The molecular weight excluding hydrogens is 218 g/mol. The van der Waals surface area contributed by atoms with Gasteiger partial charge in [0.05, 0.1) is 18.2 Å². The Morgan fingerprint density at radius 2 is 2.00 bits per heavy atom. The first-order valence-corrected chi connectivity index (χ1v) is 5.90. The number of carbonyl (C=O) groups is 1. The fourth-order valence-electron chi connectivity index (χ4n) is 2.12. The van der Waals surface area contributed by atoms with Crippen LogP contribution in [0.5, 0.6) is 0 Å². The van der Waals surface area contributed by atoms with Crippen LogP contribution in [0.3, 0.4) is 0 Å². The SMILES string of the molecule is CC(O)c1ccc(N2OC3(CC3)CC2=O)cc1. The number of amides is 1. The Kier molecular flexibility index (Phi) is 2.24. The number of aliphatic hydroxyl groups excluding tert-OH is 1. The molecule has 1 saturated heterocycles. The van der Waals surface area contributed by atoms with Crippen LogP contribution in [0.25, 0.3) is 0 Å². The maximum atomic E-state index is 11.8. The Morgan fingerprint density at radius 3 is 2.47 bits per heavy atom. The topological polar surface area (TPSA) is 49.8 Å². The van der Waals surface area contributed by atoms with E-state index in [1.807, 2.05) is 12.1 Å². The van der Waals surface area contributed by atoms with Crippen LogP contribution < -0.4 is 5.06 Å². The molecule has 1 aliphatic heterocycles. The monoisotopic (exact) mass is 233 g/mol. The minimum absolute atomic E-state index is 0.0206. The summed E-state index contributed by atoms with van der Waals surface area (Å²) in [4.78, 5) is 17.5. The highest BCUT2D eigenvalue weighted by atomic mass is 16.7. The standard InChI is InChI=1S/C13H15NO3/c1-9(15)10-2-4-11(5-3-10)14-12(16)8-13(17-14)6-7-13/h2-5,9,15H,6-8H2,1H3. The summed E-state index contributed by atoms with van der Waals surface area (Å²) in [7, 11) is 0. The average molecular weight is 233 g/mol. The van der Waals surface area contributed by atoms with Gasteiger partial charge in [-0.15, -0.1) is 0 Å². The van der Waals surface area contributed by atoms with E-state index in [9.17, 15) is 9.90 Å². The first-order chi connectivity index (χ1) is 8.10. The molecule has 17 heavy (non-hydrogen) atoms. The summed E-state index contributed by atoms with van der Waals surface area (Å²) in [6.45, 7) is 1.71. The van der Waals surface area contributed by atoms with Crippen LogP contribution in [0, 0.1) is 0 Å². The van der Waals surface area contributed by atoms with Crippen LogP contribution in [-0.4, -0.2) is 16.6 Å². The lowest BCUT2D eigenvalue weighted by atomic mass is 10.1. The van der Waals surface area contributed by atoms with E-state index >= 15 is 0 Å². The second kappa shape index (κ2) is 3.55. The Hall–Kier alpha value is -1.39. The smallest absolute Gasteiger partial charge is 0.253 e. The van der Waals surface area contributed by atoms with Gasteiger partial charge in [0, 0.05) is 0 Å². The number of anilines is 1. The molecule has 0 bridgehead atoms. The highest BCUT2D eigenvalue weighted by Crippen LogP contribution is 2.48. The van der Waals surface area contributed by atoms with E-state index in [0.717, 1.165) is 24.1 Å². The van der Waals surface area contributed by atoms with Crippen LogP contribution in [0.2, 0.25) is 0 Å². The summed E-state index contributed by atoms with van der Waals surface area (Å²) in [5, 5.41) is 10.8. The number of benzene rings is 1. The second-order valence-corrected chi connectivity index (χ2v) is 4.91. The average Bonchev–Trinajstić information content (AvgIpc) is 2.97. The van der Waals surface area contributed by atoms with Crippen molar-refractivity contribution in [2.75, 3.05) is 5.06 Å². The number of hydrogen-bond acceptors (Lipinski definition) is 3. The molecule has 1 aliphatic carbocycles. The van der Waals surface area contributed by atoms with Gasteiger partial charge < -0.3 is 5.11 Å². The lowest BCUT2D eigenvalue weighted by molar-refractivity contribution is -0.119. The van der Waals surface area contributed by atoms with Gasteiger partial charge >= 0.3 is 0 Å². The molecule has 1 amide bonds. The Balaban J connectivity index is 1.82. The van der Waals surface area contributed by atoms with E-state index in [2.05, 4.69) is 0 Å². The molecule has 4 heteroatoms. The molecule has 1 aromatic carbocycles. The fraction of sp³-hybridized carbons (Fsp3) is 0.462. The minimum Gasteiger partial charge on any atom is -0.389 e. The third-order valence-corrected chi connectivity index (χ3v) is 3.40. The zero-order chi connectivity index (χ0) is 12.0. The van der Waals surface area contributed by atoms with Gasteiger partial charge in [-0.3, -0.25) is 9.63 Å². The molecule has 90 valence electrons. The summed E-state index contributed by atoms with van der Waals surface area (Å²) < 4.78 is 0. The molecule has 1 unspecified atom stereocenters. The number of carbonyl (C=O) groups excluding carboxylic acids is 1. The van der Waals surface area contributed by atoms with Crippen molar-refractivity contribution in [1.82, 2.24) is 0 Å². The van der Waals surface area contributed by atoms with Gasteiger partial charge in [0.15, 0.2) is 0 Å². The van der Waals surface area contributed by atoms with Crippen LogP contribution in [0.15, 0.2) is 24.3 Å². The normalized spacial score (nSPS) is 23.2. The zero-order valence-corrected chi connectivity index (χ0v) is 9.72. The molecule has 1 aromatic rings. The lowest BCUT2D eigenvalue weighted by Crippen LogP contribution is -2.23. The van der Waals surface area contributed by atoms with E-state index in [4.69, 9.17) is 4.84 Å². The molecule has 2 aliphatic rings. The van der Waals surface area contributed by atoms with Gasteiger partial charge in [-0.1, -0.05) is 12.1 Å². The summed E-state index contributed by atoms with van der Waals surface area (Å²) >= 11 is 0. The third kappa shape index (κ3) is 1.83. The highest BCUT2D eigenvalue weighted by molar-refractivity contribution is 5.94. The van der Waals surface area contributed by atoms with Crippen molar-refractivity contribution in [2.24, 2.45) is 0 Å². The largest absolute Gasteiger partial charge is 0.389 e. The number of aliphatic hydroxyl groups is 1. The van der Waals surface area contributed by atoms with E-state index in [-0.39, 0.29) is 11.5 Å². The van der Waals surface area contributed by atoms with Gasteiger partial charge in [0.1, 0.15) is 5.60 Å². The molecule has 4 nitrogen and oxygen atoms in total. The predicted molar refractivity (Wildman–Crippen MR) is 62.2 cm³/mol. The maximum Gasteiger partial charge on any atom is 0.253 e. The summed E-state index contributed by atoms with van der Waals surface area (Å²) in [6, 6.07) is 7.24. The lowest BCUT2D eigenvalue weighted by Gasteiger charge is -2.16. The first-order valence-electron chi connectivity index (χ1n) is 5.90. The molecule has 0 aromatic heterocycles. The number of hydrogen-bond donors (Lipinski definition) is 1. The van der Waals surface area contributed by atoms with Gasteiger partial charge in [-0.2, -0.15) is 5.06 Å². The second-order valence-electron chi connectivity index (χ2n) is 4.91. The van der Waals surface area contributed by atoms with Crippen molar-refractivity contribution in [2.45, 2.75) is 37.9 Å². The fourth-order valence-corrected chi connectivity index (χ4v) is 2.12. The van der Waals surface area contributed by atoms with Crippen molar-refractivity contribution < 1.29 is 14.7 Å². The van der Waals surface area contributed by atoms with Crippen molar-refractivity contribution >= 4 is 11.6 Å². The first kappa shape index (κ1) is 10.7. The van der Waals surface area contributed by atoms with Gasteiger partial charge in [0.2, 0.25) is 0 Å². The van der Waals surface area contributed by atoms with Crippen molar-refractivity contribution in [3.63, 3.8) is 0 Å². The molecule has 1 N–H and O–H groups in total. The van der Waals surface area contributed by atoms with E-state index in [1.54, 1.807) is 19.1 Å². The Bertz CT molecular complexity index is 448. The molecule has 1 spiro atoms. The number of nitrogens with zero attached hydrogens (tertiary/aromatic N) is 1. The predicted octanol–water partition coefficient (Wildman–Crippen LogP) is 1.94. The summed E-state index contributed by atoms with van der Waals surface area (Å²) in [5.41, 5.74) is 1.38. The van der Waals surface area contributed by atoms with Crippen LogP contribution in [0.1, 0.15) is 37.9 Å². The third-order valence-electron chi connectivity index (χ3n) is 3.40. The van der Waals surface area contributed by atoms with Crippen LogP contribution >= 0.6 is 0 Å². The molecule has 1 heterocycles. The molecular formula is C13H15NO3. The molecule has 3 rings (SSSR count). The molecule has 2 fully saturated rings. The zero-order valence-electron chi connectivity index (χ0n) is 9.72. The van der Waals surface area contributed by atoms with Crippen molar-refractivity contribution in [3.8, 4) is 0 Å². The van der Waals surface area contributed by atoms with Crippen LogP contribution in [0.4, 0.5) is 5.69 Å². The van der Waals surface area contributed by atoms with E-state index in [0.29, 0.717) is 6.42 Å². The summed E-state index contributed by atoms with van der Waals surface area (Å²) in [6.07, 6.45) is 1.95. The Morgan fingerprint density at radius 1 is 1.35 bits per heavy atom. The molecule has 1 atom stereocenters.